The molecule has 0 fully saturated rings. The summed E-state index contributed by atoms with van der Waals surface area (Å²) in [4.78, 5) is 8.25. The smallest absolute Gasteiger partial charge is 0.180 e. The Morgan fingerprint density at radius 3 is 2.65 bits per heavy atom. The maximum absolute atomic E-state index is 5.83. The fourth-order valence-electron chi connectivity index (χ4n) is 1.67. The highest BCUT2D eigenvalue weighted by Gasteiger charge is 2.13. The summed E-state index contributed by atoms with van der Waals surface area (Å²) in [6.07, 6.45) is 0.930. The third-order valence-corrected chi connectivity index (χ3v) is 5.02. The van der Waals surface area contributed by atoms with E-state index in [4.69, 9.17) is 5.73 Å². The molecule has 0 aliphatic rings. The largest absolute Gasteiger partial charge is 0.375 e. The summed E-state index contributed by atoms with van der Waals surface area (Å²) >= 11 is 5.07. The molecule has 17 heavy (non-hydrogen) atoms. The molecule has 0 unspecified atom stereocenters. The van der Waals surface area contributed by atoms with E-state index in [1.165, 1.54) is 14.6 Å². The maximum Gasteiger partial charge on any atom is 0.180 e. The lowest BCUT2D eigenvalue weighted by Crippen LogP contribution is -1.84. The van der Waals surface area contributed by atoms with Crippen molar-refractivity contribution in [3.63, 3.8) is 0 Å². The Morgan fingerprint density at radius 1 is 1.12 bits per heavy atom. The minimum Gasteiger partial charge on any atom is -0.375 e. The SMILES string of the molecule is Nc1nc(-c2cccs2)c(Cc2cccs2)s1. The Bertz CT molecular complexity index is 594. The number of aromatic nitrogens is 1. The minimum absolute atomic E-state index is 0.653. The first kappa shape index (κ1) is 11.0. The Morgan fingerprint density at radius 2 is 1.94 bits per heavy atom. The monoisotopic (exact) mass is 278 g/mol. The molecule has 2 N–H and O–H groups in total. The number of hydrogen-bond acceptors (Lipinski definition) is 5. The quantitative estimate of drug-likeness (QED) is 0.783. The van der Waals surface area contributed by atoms with Crippen LogP contribution in [-0.2, 0) is 6.42 Å². The number of nitrogens with zero attached hydrogens (tertiary/aromatic N) is 1. The molecule has 3 rings (SSSR count). The van der Waals surface area contributed by atoms with Gasteiger partial charge in [0.25, 0.3) is 0 Å². The van der Waals surface area contributed by atoms with Crippen molar-refractivity contribution in [2.45, 2.75) is 6.42 Å². The highest BCUT2D eigenvalue weighted by Crippen LogP contribution is 2.34. The number of nitrogen functional groups attached to an aromatic ring is 1. The van der Waals surface area contributed by atoms with Gasteiger partial charge in [0, 0.05) is 16.2 Å². The molecule has 5 heteroatoms. The van der Waals surface area contributed by atoms with Gasteiger partial charge in [0.05, 0.1) is 10.6 Å². The second-order valence-electron chi connectivity index (χ2n) is 3.56. The van der Waals surface area contributed by atoms with Crippen LogP contribution in [0, 0.1) is 0 Å². The Hall–Kier alpha value is -1.17. The molecular formula is C12H10N2S3. The molecule has 86 valence electrons. The Kier molecular flexibility index (Phi) is 2.96. The molecule has 0 amide bonds. The summed E-state index contributed by atoms with van der Waals surface area (Å²) in [7, 11) is 0. The van der Waals surface area contributed by atoms with Crippen molar-refractivity contribution in [2.75, 3.05) is 5.73 Å². The maximum atomic E-state index is 5.83. The lowest BCUT2D eigenvalue weighted by atomic mass is 10.2. The van der Waals surface area contributed by atoms with E-state index in [0.717, 1.165) is 12.1 Å². The highest BCUT2D eigenvalue weighted by molar-refractivity contribution is 7.17. The van der Waals surface area contributed by atoms with E-state index in [9.17, 15) is 0 Å². The summed E-state index contributed by atoms with van der Waals surface area (Å²) in [6.45, 7) is 0. The van der Waals surface area contributed by atoms with Crippen LogP contribution < -0.4 is 5.73 Å². The third-order valence-electron chi connectivity index (χ3n) is 2.38. The van der Waals surface area contributed by atoms with Gasteiger partial charge >= 0.3 is 0 Å². The molecule has 3 aromatic rings. The van der Waals surface area contributed by atoms with Gasteiger partial charge in [0.2, 0.25) is 0 Å². The van der Waals surface area contributed by atoms with Crippen molar-refractivity contribution >= 4 is 39.1 Å². The zero-order valence-electron chi connectivity index (χ0n) is 8.92. The molecule has 0 aromatic carbocycles. The van der Waals surface area contributed by atoms with Crippen molar-refractivity contribution in [1.29, 1.82) is 0 Å². The van der Waals surface area contributed by atoms with Gasteiger partial charge in [0.1, 0.15) is 0 Å². The highest BCUT2D eigenvalue weighted by atomic mass is 32.1. The van der Waals surface area contributed by atoms with E-state index in [2.05, 4.69) is 33.9 Å². The van der Waals surface area contributed by atoms with Gasteiger partial charge < -0.3 is 5.73 Å². The van der Waals surface area contributed by atoms with Gasteiger partial charge in [-0.05, 0) is 22.9 Å². The number of rotatable bonds is 3. The first-order valence-corrected chi connectivity index (χ1v) is 7.72. The molecule has 0 aliphatic carbocycles. The van der Waals surface area contributed by atoms with Gasteiger partial charge in [-0.2, -0.15) is 0 Å². The molecule has 3 heterocycles. The number of nitrogens with two attached hydrogens (primary N) is 1. The van der Waals surface area contributed by atoms with Crippen LogP contribution >= 0.6 is 34.0 Å². The topological polar surface area (TPSA) is 38.9 Å². The molecule has 0 atom stereocenters. The minimum atomic E-state index is 0.653. The van der Waals surface area contributed by atoms with Crippen molar-refractivity contribution in [1.82, 2.24) is 4.98 Å². The predicted molar refractivity (Wildman–Crippen MR) is 77.0 cm³/mol. The third kappa shape index (κ3) is 2.26. The molecule has 0 aliphatic heterocycles. The van der Waals surface area contributed by atoms with E-state index < -0.39 is 0 Å². The van der Waals surface area contributed by atoms with Crippen molar-refractivity contribution in [3.05, 3.63) is 44.8 Å². The molecule has 3 aromatic heterocycles. The van der Waals surface area contributed by atoms with Crippen LogP contribution in [0.3, 0.4) is 0 Å². The fraction of sp³-hybridized carbons (Fsp3) is 0.0833. The summed E-state index contributed by atoms with van der Waals surface area (Å²) in [5.74, 6) is 0. The lowest BCUT2D eigenvalue weighted by Gasteiger charge is -1.97. The zero-order chi connectivity index (χ0) is 11.7. The van der Waals surface area contributed by atoms with Crippen LogP contribution in [-0.4, -0.2) is 4.98 Å². The van der Waals surface area contributed by atoms with Crippen LogP contribution in [0.4, 0.5) is 5.13 Å². The molecule has 0 saturated heterocycles. The average molecular weight is 278 g/mol. The summed E-state index contributed by atoms with van der Waals surface area (Å²) in [5, 5.41) is 4.82. The van der Waals surface area contributed by atoms with Crippen molar-refractivity contribution in [2.24, 2.45) is 0 Å². The number of hydrogen-bond donors (Lipinski definition) is 1. The van der Waals surface area contributed by atoms with Crippen LogP contribution in [0.15, 0.2) is 35.0 Å². The Labute approximate surface area is 111 Å². The fourth-order valence-corrected chi connectivity index (χ4v) is 4.15. The van der Waals surface area contributed by atoms with E-state index >= 15 is 0 Å². The molecule has 0 radical (unpaired) electrons. The number of anilines is 1. The lowest BCUT2D eigenvalue weighted by molar-refractivity contribution is 1.27. The van der Waals surface area contributed by atoms with E-state index in [-0.39, 0.29) is 0 Å². The molecule has 0 bridgehead atoms. The summed E-state index contributed by atoms with van der Waals surface area (Å²) in [6, 6.07) is 8.37. The van der Waals surface area contributed by atoms with Gasteiger partial charge in [-0.1, -0.05) is 12.1 Å². The normalized spacial score (nSPS) is 10.8. The van der Waals surface area contributed by atoms with E-state index in [1.807, 2.05) is 6.07 Å². The second kappa shape index (κ2) is 4.60. The standard InChI is InChI=1S/C12H10N2S3/c13-12-14-11(9-4-2-6-16-9)10(17-12)7-8-3-1-5-15-8/h1-6H,7H2,(H2,13,14). The van der Waals surface area contributed by atoms with Crippen LogP contribution in [0.1, 0.15) is 9.75 Å². The van der Waals surface area contributed by atoms with Gasteiger partial charge in [-0.15, -0.1) is 34.0 Å². The second-order valence-corrected chi connectivity index (χ2v) is 6.65. The van der Waals surface area contributed by atoms with Crippen LogP contribution in [0.2, 0.25) is 0 Å². The van der Waals surface area contributed by atoms with Crippen molar-refractivity contribution in [3.8, 4) is 10.6 Å². The first-order chi connectivity index (χ1) is 8.33. The first-order valence-electron chi connectivity index (χ1n) is 5.14. The summed E-state index contributed by atoms with van der Waals surface area (Å²) < 4.78 is 0. The van der Waals surface area contributed by atoms with E-state index in [1.54, 1.807) is 34.0 Å². The summed E-state index contributed by atoms with van der Waals surface area (Å²) in [5.41, 5.74) is 6.88. The van der Waals surface area contributed by atoms with Gasteiger partial charge in [-0.25, -0.2) is 4.98 Å². The molecule has 2 nitrogen and oxygen atoms in total. The van der Waals surface area contributed by atoms with Crippen LogP contribution in [0.25, 0.3) is 10.6 Å². The van der Waals surface area contributed by atoms with Crippen molar-refractivity contribution < 1.29 is 0 Å². The predicted octanol–water partition coefficient (Wildman–Crippen LogP) is 4.11. The van der Waals surface area contributed by atoms with Gasteiger partial charge in [-0.3, -0.25) is 0 Å². The van der Waals surface area contributed by atoms with Gasteiger partial charge in [0.15, 0.2) is 5.13 Å². The zero-order valence-corrected chi connectivity index (χ0v) is 11.4. The molecule has 0 spiro atoms. The van der Waals surface area contributed by atoms with Crippen LogP contribution in [0.5, 0.6) is 0 Å². The number of thiazole rings is 1. The van der Waals surface area contributed by atoms with E-state index in [0.29, 0.717) is 5.13 Å². The molecular weight excluding hydrogens is 268 g/mol. The molecule has 0 saturated carbocycles. The Balaban J connectivity index is 1.99. The average Bonchev–Trinajstić information content (AvgIpc) is 3.00. The number of thiophene rings is 2.